The first-order valence-electron chi connectivity index (χ1n) is 13.2. The standard InChI is InChI=1S/C28H32ClN3O7/c1-16-7-6-8-18(29)23(16)31-12-5-3-4-9-20(34)30-15-17(2)38-27(37)21-19-10-11-28(39-19)22(21)25(35)32(13-14-33)24(28)26(31)36/h3,5-8,10-11,17,19,21-22,24,33H,4,9,12-15H2,1-2H3,(H,30,34)/b5-3-/t17-,19+,21-,22-,24+,28-/m0/s1. The number of esters is 1. The molecule has 5 rings (SSSR count). The van der Waals surface area contributed by atoms with E-state index in [0.29, 0.717) is 17.1 Å². The van der Waals surface area contributed by atoms with E-state index in [9.17, 15) is 24.3 Å². The summed E-state index contributed by atoms with van der Waals surface area (Å²) in [5.41, 5.74) is -0.161. The average molecular weight is 558 g/mol. The number of carbonyl (C=O) groups excluding carboxylic acids is 4. The maximum Gasteiger partial charge on any atom is 0.313 e. The van der Waals surface area contributed by atoms with E-state index < -0.39 is 53.5 Å². The van der Waals surface area contributed by atoms with E-state index in [1.54, 1.807) is 37.3 Å². The molecule has 0 aliphatic carbocycles. The van der Waals surface area contributed by atoms with Crippen molar-refractivity contribution in [2.24, 2.45) is 11.8 Å². The summed E-state index contributed by atoms with van der Waals surface area (Å²) in [6.07, 6.45) is 6.29. The number of allylic oxidation sites excluding steroid dienone is 1. The van der Waals surface area contributed by atoms with Crippen molar-refractivity contribution in [3.8, 4) is 0 Å². The summed E-state index contributed by atoms with van der Waals surface area (Å²) in [5, 5.41) is 13.0. The molecule has 6 atom stereocenters. The minimum atomic E-state index is -1.40. The quantitative estimate of drug-likeness (QED) is 0.426. The smallest absolute Gasteiger partial charge is 0.313 e. The minimum Gasteiger partial charge on any atom is -0.460 e. The van der Waals surface area contributed by atoms with Crippen LogP contribution in [0, 0.1) is 18.8 Å². The zero-order valence-corrected chi connectivity index (χ0v) is 22.6. The maximum atomic E-state index is 14.5. The number of cyclic esters (lactones) is 1. The molecule has 2 saturated heterocycles. The summed E-state index contributed by atoms with van der Waals surface area (Å²) in [7, 11) is 0. The Balaban J connectivity index is 1.62. The number of nitrogens with one attached hydrogen (secondary N) is 1. The van der Waals surface area contributed by atoms with Gasteiger partial charge in [-0.2, -0.15) is 0 Å². The van der Waals surface area contributed by atoms with Crippen LogP contribution in [-0.4, -0.2) is 83.8 Å². The third-order valence-corrected chi connectivity index (χ3v) is 8.15. The Morgan fingerprint density at radius 1 is 1.18 bits per heavy atom. The van der Waals surface area contributed by atoms with Gasteiger partial charge in [-0.25, -0.2) is 0 Å². The summed E-state index contributed by atoms with van der Waals surface area (Å²) in [5.74, 6) is -3.69. The van der Waals surface area contributed by atoms with Crippen molar-refractivity contribution in [1.29, 1.82) is 0 Å². The number of fused-ring (bicyclic) bond motifs is 2. The van der Waals surface area contributed by atoms with Crippen molar-refractivity contribution < 1.29 is 33.8 Å². The molecule has 1 spiro atoms. The number of benzene rings is 1. The van der Waals surface area contributed by atoms with Gasteiger partial charge in [0, 0.05) is 19.5 Å². The highest BCUT2D eigenvalue weighted by atomic mass is 35.5. The molecule has 5 bridgehead atoms. The highest BCUT2D eigenvalue weighted by Crippen LogP contribution is 2.55. The van der Waals surface area contributed by atoms with Crippen molar-refractivity contribution in [3.63, 3.8) is 0 Å². The molecule has 0 aromatic heterocycles. The Morgan fingerprint density at radius 2 is 1.97 bits per heavy atom. The van der Waals surface area contributed by atoms with Crippen LogP contribution in [0.1, 0.15) is 25.3 Å². The normalized spacial score (nSPS) is 33.8. The molecule has 208 valence electrons. The van der Waals surface area contributed by atoms with E-state index in [4.69, 9.17) is 21.1 Å². The lowest BCUT2D eigenvalue weighted by Crippen LogP contribution is -2.56. The van der Waals surface area contributed by atoms with Gasteiger partial charge in [-0.3, -0.25) is 19.2 Å². The Bertz CT molecular complexity index is 1230. The number of halogens is 1. The lowest BCUT2D eigenvalue weighted by Gasteiger charge is -2.36. The number of likely N-dealkylation sites (tertiary alicyclic amines) is 1. The van der Waals surface area contributed by atoms with E-state index in [2.05, 4.69) is 5.32 Å². The molecule has 1 aromatic rings. The van der Waals surface area contributed by atoms with E-state index in [1.807, 2.05) is 19.1 Å². The number of aliphatic hydroxyl groups is 1. The lowest BCUT2D eigenvalue weighted by atomic mass is 9.74. The monoisotopic (exact) mass is 557 g/mol. The van der Waals surface area contributed by atoms with Crippen molar-refractivity contribution in [1.82, 2.24) is 10.2 Å². The Morgan fingerprint density at radius 3 is 2.72 bits per heavy atom. The molecular formula is C28H32ClN3O7. The number of amides is 3. The fourth-order valence-electron chi connectivity index (χ4n) is 6.15. The number of anilines is 1. The minimum absolute atomic E-state index is 0.106. The summed E-state index contributed by atoms with van der Waals surface area (Å²) < 4.78 is 11.9. The van der Waals surface area contributed by atoms with Crippen LogP contribution in [0.25, 0.3) is 0 Å². The van der Waals surface area contributed by atoms with E-state index >= 15 is 0 Å². The number of aryl methyl sites for hydroxylation is 1. The first kappa shape index (κ1) is 27.4. The van der Waals surface area contributed by atoms with Crippen LogP contribution in [0.4, 0.5) is 5.69 Å². The fraction of sp³-hybridized carbons (Fsp3) is 0.500. The SMILES string of the molecule is Cc1cccc(Cl)c1N1C/C=C\CCC(=O)NC[C@H](C)OC(=O)[C@@H]2[C@H]3C(=O)N(CCO)[C@H](C1=O)[C@]31C=C[C@H]2O1. The summed E-state index contributed by atoms with van der Waals surface area (Å²) in [6, 6.07) is 4.17. The van der Waals surface area contributed by atoms with Crippen LogP contribution < -0.4 is 10.2 Å². The van der Waals surface area contributed by atoms with Crippen LogP contribution in [0.2, 0.25) is 5.02 Å². The van der Waals surface area contributed by atoms with Gasteiger partial charge in [-0.15, -0.1) is 0 Å². The summed E-state index contributed by atoms with van der Waals surface area (Å²) >= 11 is 6.60. The van der Waals surface area contributed by atoms with Gasteiger partial charge < -0.3 is 29.7 Å². The predicted octanol–water partition coefficient (Wildman–Crippen LogP) is 1.52. The number of carbonyl (C=O) groups is 4. The largest absolute Gasteiger partial charge is 0.460 e. The van der Waals surface area contributed by atoms with Crippen molar-refractivity contribution in [3.05, 3.63) is 53.1 Å². The summed E-state index contributed by atoms with van der Waals surface area (Å²) in [6.45, 7) is 3.27. The number of nitrogens with zero attached hydrogens (tertiary/aromatic N) is 2. The highest BCUT2D eigenvalue weighted by Gasteiger charge is 2.73. The number of hydrogen-bond acceptors (Lipinski definition) is 7. The van der Waals surface area contributed by atoms with Gasteiger partial charge >= 0.3 is 5.97 Å². The van der Waals surface area contributed by atoms with Crippen LogP contribution in [0.15, 0.2) is 42.5 Å². The fourth-order valence-corrected chi connectivity index (χ4v) is 6.47. The topological polar surface area (TPSA) is 125 Å². The molecule has 0 radical (unpaired) electrons. The highest BCUT2D eigenvalue weighted by molar-refractivity contribution is 6.34. The lowest BCUT2D eigenvalue weighted by molar-refractivity contribution is -0.158. The second-order valence-electron chi connectivity index (χ2n) is 10.4. The molecule has 1 aromatic carbocycles. The first-order chi connectivity index (χ1) is 18.7. The molecule has 11 heteroatoms. The Labute approximate surface area is 231 Å². The molecule has 0 saturated carbocycles. The van der Waals surface area contributed by atoms with Gasteiger partial charge in [0.25, 0.3) is 5.91 Å². The number of rotatable bonds is 3. The molecular weight excluding hydrogens is 526 g/mol. The molecule has 4 aliphatic heterocycles. The Kier molecular flexibility index (Phi) is 7.54. The molecule has 10 nitrogen and oxygen atoms in total. The summed E-state index contributed by atoms with van der Waals surface area (Å²) in [4.78, 5) is 56.8. The number of para-hydroxylation sites is 1. The zero-order chi connectivity index (χ0) is 27.9. The second-order valence-corrected chi connectivity index (χ2v) is 10.8. The van der Waals surface area contributed by atoms with Crippen LogP contribution in [0.5, 0.6) is 0 Å². The van der Waals surface area contributed by atoms with Crippen LogP contribution in [-0.2, 0) is 28.7 Å². The molecule has 39 heavy (non-hydrogen) atoms. The van der Waals surface area contributed by atoms with Crippen molar-refractivity contribution >= 4 is 41.0 Å². The third-order valence-electron chi connectivity index (χ3n) is 7.84. The molecule has 2 fully saturated rings. The predicted molar refractivity (Wildman–Crippen MR) is 142 cm³/mol. The van der Waals surface area contributed by atoms with Crippen molar-refractivity contribution in [2.45, 2.75) is 50.5 Å². The average Bonchev–Trinajstić information content (AvgIpc) is 3.53. The van der Waals surface area contributed by atoms with E-state index in [0.717, 1.165) is 5.56 Å². The molecule has 4 aliphatic rings. The zero-order valence-electron chi connectivity index (χ0n) is 21.8. The van der Waals surface area contributed by atoms with Gasteiger partial charge in [0.2, 0.25) is 11.8 Å². The number of hydrogen-bond donors (Lipinski definition) is 2. The van der Waals surface area contributed by atoms with E-state index in [-0.39, 0.29) is 38.6 Å². The third kappa shape index (κ3) is 4.64. The molecule has 4 heterocycles. The van der Waals surface area contributed by atoms with Gasteiger partial charge in [-0.05, 0) is 31.9 Å². The van der Waals surface area contributed by atoms with Crippen molar-refractivity contribution in [2.75, 3.05) is 31.1 Å². The molecule has 0 unspecified atom stereocenters. The van der Waals surface area contributed by atoms with Gasteiger partial charge in [0.05, 0.1) is 35.9 Å². The second kappa shape index (κ2) is 10.7. The first-order valence-corrected chi connectivity index (χ1v) is 13.5. The van der Waals surface area contributed by atoms with E-state index in [1.165, 1.54) is 9.80 Å². The molecule has 3 amide bonds. The number of ether oxygens (including phenoxy) is 2. The van der Waals surface area contributed by atoms with Crippen LogP contribution >= 0.6 is 11.6 Å². The van der Waals surface area contributed by atoms with Crippen LogP contribution in [0.3, 0.4) is 0 Å². The van der Waals surface area contributed by atoms with Gasteiger partial charge in [0.15, 0.2) is 0 Å². The number of β-amino-alcohol motifs (C(OH)–C–C–N with tert-alkyl or cyclic N) is 1. The number of aliphatic hydroxyl groups excluding tert-OH is 1. The van der Waals surface area contributed by atoms with Gasteiger partial charge in [-0.1, -0.05) is 48.0 Å². The van der Waals surface area contributed by atoms with Gasteiger partial charge in [0.1, 0.15) is 23.7 Å². The Hall–Kier alpha value is -3.21. The molecule has 2 N–H and O–H groups in total. The maximum absolute atomic E-state index is 14.5.